The second kappa shape index (κ2) is 10.7. The maximum atomic E-state index is 11.7. The lowest BCUT2D eigenvalue weighted by Crippen LogP contribution is -2.35. The van der Waals surface area contributed by atoms with Gasteiger partial charge in [-0.3, -0.25) is 9.59 Å². The van der Waals surface area contributed by atoms with Crippen molar-refractivity contribution in [3.05, 3.63) is 11.6 Å². The van der Waals surface area contributed by atoms with Gasteiger partial charge in [-0.2, -0.15) is 0 Å². The van der Waals surface area contributed by atoms with Crippen LogP contribution in [-0.4, -0.2) is 43.1 Å². The normalized spacial score (nSPS) is 14.0. The van der Waals surface area contributed by atoms with E-state index in [1.807, 2.05) is 0 Å². The Labute approximate surface area is 149 Å². The Balaban J connectivity index is 2.00. The van der Waals surface area contributed by atoms with E-state index in [0.717, 1.165) is 12.8 Å². The second-order valence-electron chi connectivity index (χ2n) is 7.18. The number of hydrogen-bond acceptors (Lipinski definition) is 4. The van der Waals surface area contributed by atoms with Gasteiger partial charge in [0.15, 0.2) is 0 Å². The minimum atomic E-state index is -0.551. The predicted molar refractivity (Wildman–Crippen MR) is 96.0 cm³/mol. The van der Waals surface area contributed by atoms with E-state index in [0.29, 0.717) is 19.5 Å². The molecule has 7 heteroatoms. The Bertz CT molecular complexity index is 487. The Morgan fingerprint density at radius 2 is 1.64 bits per heavy atom. The van der Waals surface area contributed by atoms with E-state index < -0.39 is 11.7 Å². The molecule has 0 bridgehead atoms. The number of amides is 3. The highest BCUT2D eigenvalue weighted by molar-refractivity contribution is 5.88. The summed E-state index contributed by atoms with van der Waals surface area (Å²) < 4.78 is 5.08. The van der Waals surface area contributed by atoms with Crippen LogP contribution in [0.15, 0.2) is 11.6 Å². The zero-order valence-electron chi connectivity index (χ0n) is 15.6. The molecule has 0 spiro atoms. The van der Waals surface area contributed by atoms with Crippen molar-refractivity contribution >= 4 is 17.9 Å². The van der Waals surface area contributed by atoms with Gasteiger partial charge in [0.25, 0.3) is 0 Å². The van der Waals surface area contributed by atoms with Gasteiger partial charge in [0.05, 0.1) is 0 Å². The molecular weight excluding hydrogens is 322 g/mol. The number of alkyl carbamates (subject to hydrolysis) is 1. The van der Waals surface area contributed by atoms with Crippen LogP contribution in [0, 0.1) is 0 Å². The maximum absolute atomic E-state index is 11.7. The van der Waals surface area contributed by atoms with Crippen molar-refractivity contribution in [3.8, 4) is 0 Å². The van der Waals surface area contributed by atoms with Gasteiger partial charge in [-0.1, -0.05) is 5.57 Å². The zero-order chi connectivity index (χ0) is 18.7. The van der Waals surface area contributed by atoms with Gasteiger partial charge in [0.2, 0.25) is 11.8 Å². The minimum Gasteiger partial charge on any atom is -0.444 e. The summed E-state index contributed by atoms with van der Waals surface area (Å²) in [5.41, 5.74) is 0.674. The minimum absolute atomic E-state index is 0.0511. The molecule has 1 aliphatic rings. The third kappa shape index (κ3) is 11.2. The summed E-state index contributed by atoms with van der Waals surface area (Å²) in [6, 6.07) is 0. The standard InChI is InChI=1S/C18H31N3O4/c1-18(2,3)25-17(24)21-12-9-15(22)19-10-6-11-20-16(23)13-14-7-4-5-8-14/h13H,4-12H2,1-3H3,(H,19,22)(H,20,23)(H,21,24). The van der Waals surface area contributed by atoms with E-state index in [1.54, 1.807) is 26.8 Å². The molecule has 0 aromatic heterocycles. The average molecular weight is 353 g/mol. The smallest absolute Gasteiger partial charge is 0.407 e. The molecule has 1 rings (SSSR count). The fourth-order valence-corrected chi connectivity index (χ4v) is 2.42. The van der Waals surface area contributed by atoms with Crippen molar-refractivity contribution in [3.63, 3.8) is 0 Å². The fourth-order valence-electron chi connectivity index (χ4n) is 2.42. The van der Waals surface area contributed by atoms with E-state index in [9.17, 15) is 14.4 Å². The lowest BCUT2D eigenvalue weighted by molar-refractivity contribution is -0.120. The molecule has 0 unspecified atom stereocenters. The molecular formula is C18H31N3O4. The third-order valence-corrected chi connectivity index (χ3v) is 3.58. The average Bonchev–Trinajstić information content (AvgIpc) is 2.97. The van der Waals surface area contributed by atoms with Gasteiger partial charge in [0.1, 0.15) is 5.60 Å². The summed E-state index contributed by atoms with van der Waals surface area (Å²) in [5.74, 6) is -0.194. The predicted octanol–water partition coefficient (Wildman–Crippen LogP) is 2.02. The SMILES string of the molecule is CC(C)(C)OC(=O)NCCC(=O)NCCCNC(=O)C=C1CCCC1. The molecule has 1 aliphatic carbocycles. The molecule has 3 amide bonds. The molecule has 1 fully saturated rings. The summed E-state index contributed by atoms with van der Waals surface area (Å²) >= 11 is 0. The van der Waals surface area contributed by atoms with Gasteiger partial charge in [-0.15, -0.1) is 0 Å². The second-order valence-corrected chi connectivity index (χ2v) is 7.18. The Hall–Kier alpha value is -2.05. The lowest BCUT2D eigenvalue weighted by Gasteiger charge is -2.19. The molecule has 0 heterocycles. The lowest BCUT2D eigenvalue weighted by atomic mass is 10.2. The number of hydrogen-bond donors (Lipinski definition) is 3. The molecule has 0 aromatic carbocycles. The molecule has 25 heavy (non-hydrogen) atoms. The summed E-state index contributed by atoms with van der Waals surface area (Å²) in [4.78, 5) is 34.7. The van der Waals surface area contributed by atoms with Gasteiger partial charge < -0.3 is 20.7 Å². The first-order chi connectivity index (χ1) is 11.8. The van der Waals surface area contributed by atoms with E-state index in [1.165, 1.54) is 18.4 Å². The summed E-state index contributed by atoms with van der Waals surface area (Å²) in [6.45, 7) is 6.58. The van der Waals surface area contributed by atoms with Crippen molar-refractivity contribution in [1.82, 2.24) is 16.0 Å². The van der Waals surface area contributed by atoms with Crippen LogP contribution in [0.4, 0.5) is 4.79 Å². The molecule has 142 valence electrons. The maximum Gasteiger partial charge on any atom is 0.407 e. The van der Waals surface area contributed by atoms with E-state index >= 15 is 0 Å². The van der Waals surface area contributed by atoms with Gasteiger partial charge in [-0.05, 0) is 52.9 Å². The number of rotatable bonds is 8. The molecule has 1 saturated carbocycles. The zero-order valence-corrected chi connectivity index (χ0v) is 15.6. The van der Waals surface area contributed by atoms with Crippen LogP contribution in [0.5, 0.6) is 0 Å². The van der Waals surface area contributed by atoms with Crippen LogP contribution in [0.2, 0.25) is 0 Å². The summed E-state index contributed by atoms with van der Waals surface area (Å²) in [6.07, 6.45) is 6.44. The Morgan fingerprint density at radius 3 is 2.28 bits per heavy atom. The van der Waals surface area contributed by atoms with Crippen molar-refractivity contribution in [2.24, 2.45) is 0 Å². The Morgan fingerprint density at radius 1 is 1.00 bits per heavy atom. The van der Waals surface area contributed by atoms with E-state index in [4.69, 9.17) is 4.74 Å². The molecule has 0 aliphatic heterocycles. The van der Waals surface area contributed by atoms with Gasteiger partial charge >= 0.3 is 6.09 Å². The summed E-state index contributed by atoms with van der Waals surface area (Å²) in [7, 11) is 0. The van der Waals surface area contributed by atoms with E-state index in [-0.39, 0.29) is 24.8 Å². The Kier molecular flexibility index (Phi) is 9.02. The highest BCUT2D eigenvalue weighted by Gasteiger charge is 2.15. The van der Waals surface area contributed by atoms with Crippen molar-refractivity contribution in [1.29, 1.82) is 0 Å². The van der Waals surface area contributed by atoms with Crippen LogP contribution in [0.1, 0.15) is 59.3 Å². The molecule has 3 N–H and O–H groups in total. The van der Waals surface area contributed by atoms with Crippen molar-refractivity contribution in [2.75, 3.05) is 19.6 Å². The largest absolute Gasteiger partial charge is 0.444 e. The number of carbonyl (C=O) groups excluding carboxylic acids is 3. The first kappa shape index (κ1) is 21.0. The number of nitrogens with one attached hydrogen (secondary N) is 3. The molecule has 0 saturated heterocycles. The molecule has 7 nitrogen and oxygen atoms in total. The van der Waals surface area contributed by atoms with Crippen LogP contribution in [0.25, 0.3) is 0 Å². The van der Waals surface area contributed by atoms with E-state index in [2.05, 4.69) is 16.0 Å². The number of carbonyl (C=O) groups is 3. The fraction of sp³-hybridized carbons (Fsp3) is 0.722. The quantitative estimate of drug-likeness (QED) is 0.459. The monoisotopic (exact) mass is 353 g/mol. The highest BCUT2D eigenvalue weighted by Crippen LogP contribution is 2.23. The van der Waals surface area contributed by atoms with Crippen LogP contribution in [0.3, 0.4) is 0 Å². The van der Waals surface area contributed by atoms with Gasteiger partial charge in [0, 0.05) is 32.1 Å². The molecule has 0 aromatic rings. The van der Waals surface area contributed by atoms with Crippen molar-refractivity contribution in [2.45, 2.75) is 64.9 Å². The first-order valence-corrected chi connectivity index (χ1v) is 8.97. The third-order valence-electron chi connectivity index (χ3n) is 3.58. The number of ether oxygens (including phenoxy) is 1. The van der Waals surface area contributed by atoms with Crippen LogP contribution in [-0.2, 0) is 14.3 Å². The number of allylic oxidation sites excluding steroid dienone is 1. The summed E-state index contributed by atoms with van der Waals surface area (Å²) in [5, 5.41) is 8.11. The molecule has 0 atom stereocenters. The first-order valence-electron chi connectivity index (χ1n) is 8.97. The van der Waals surface area contributed by atoms with Crippen LogP contribution >= 0.6 is 0 Å². The molecule has 0 radical (unpaired) electrons. The van der Waals surface area contributed by atoms with Crippen molar-refractivity contribution < 1.29 is 19.1 Å². The highest BCUT2D eigenvalue weighted by atomic mass is 16.6. The topological polar surface area (TPSA) is 96.5 Å². The van der Waals surface area contributed by atoms with Gasteiger partial charge in [-0.25, -0.2) is 4.79 Å². The van der Waals surface area contributed by atoms with Crippen LogP contribution < -0.4 is 16.0 Å².